The third-order valence-electron chi connectivity index (χ3n) is 6.31. The molecule has 7 N–H and O–H groups in total. The number of hydrogen-bond donors (Lipinski definition) is 7. The first-order chi connectivity index (χ1) is 17.0. The lowest BCUT2D eigenvalue weighted by Gasteiger charge is -2.32. The van der Waals surface area contributed by atoms with Crippen LogP contribution in [-0.2, 0) is 24.4 Å². The van der Waals surface area contributed by atoms with E-state index in [2.05, 4.69) is 31.5 Å². The number of aliphatic carboxylic acids is 1. The molecule has 2 unspecified atom stereocenters. The number of hydroxylamine groups is 1. The molecule has 2 heterocycles. The zero-order chi connectivity index (χ0) is 26.3. The summed E-state index contributed by atoms with van der Waals surface area (Å²) < 4.78 is 29.3. The van der Waals surface area contributed by atoms with Crippen molar-refractivity contribution in [1.82, 2.24) is 31.5 Å². The van der Waals surface area contributed by atoms with Crippen molar-refractivity contribution >= 4 is 21.9 Å². The van der Waals surface area contributed by atoms with Crippen LogP contribution >= 0.6 is 0 Å². The summed E-state index contributed by atoms with van der Waals surface area (Å²) in [5, 5.41) is 22.5. The summed E-state index contributed by atoms with van der Waals surface area (Å²) in [6.07, 6.45) is 1.12. The van der Waals surface area contributed by atoms with Crippen LogP contribution in [0.25, 0.3) is 0 Å². The molecule has 0 aliphatic carbocycles. The summed E-state index contributed by atoms with van der Waals surface area (Å²) >= 11 is 0. The molecule has 1 amide bonds. The van der Waals surface area contributed by atoms with Gasteiger partial charge >= 0.3 is 5.97 Å². The highest BCUT2D eigenvalue weighted by molar-refractivity contribution is 7.89. The van der Waals surface area contributed by atoms with E-state index in [1.54, 1.807) is 26.0 Å². The van der Waals surface area contributed by atoms with Crippen LogP contribution < -0.4 is 31.5 Å². The number of unbranched alkanes of at least 4 members (excludes halogenated alkanes) is 2. The molecule has 0 spiro atoms. The van der Waals surface area contributed by atoms with Crippen LogP contribution in [0.2, 0.25) is 0 Å². The zero-order valence-corrected chi connectivity index (χ0v) is 21.9. The predicted octanol–water partition coefficient (Wildman–Crippen LogP) is -0.293. The molecule has 2 aliphatic heterocycles. The number of amides is 1. The molecule has 12 nitrogen and oxygen atoms in total. The van der Waals surface area contributed by atoms with Gasteiger partial charge in [0.15, 0.2) is 6.10 Å². The number of hydrogen-bond acceptors (Lipinski definition) is 9. The van der Waals surface area contributed by atoms with E-state index in [4.69, 9.17) is 4.84 Å². The number of carbonyl (C=O) groups excluding carboxylic acids is 1. The first-order valence-electron chi connectivity index (χ1n) is 12.3. The van der Waals surface area contributed by atoms with E-state index < -0.39 is 33.7 Å². The van der Waals surface area contributed by atoms with Gasteiger partial charge in [0.25, 0.3) is 5.91 Å². The van der Waals surface area contributed by atoms with E-state index in [0.29, 0.717) is 43.5 Å². The normalized spacial score (nSPS) is 20.4. The maximum atomic E-state index is 13.5. The van der Waals surface area contributed by atoms with Gasteiger partial charge < -0.3 is 10.4 Å². The molecular weight excluding hydrogens is 488 g/mol. The molecule has 13 heteroatoms. The van der Waals surface area contributed by atoms with Crippen molar-refractivity contribution in [1.29, 1.82) is 0 Å². The number of carbonyl (C=O) groups is 2. The Bertz CT molecular complexity index is 1020. The fourth-order valence-electron chi connectivity index (χ4n) is 4.69. The van der Waals surface area contributed by atoms with Crippen molar-refractivity contribution in [2.45, 2.75) is 75.8 Å². The van der Waals surface area contributed by atoms with Crippen molar-refractivity contribution < 1.29 is 28.0 Å². The summed E-state index contributed by atoms with van der Waals surface area (Å²) in [5.74, 6) is -2.17. The molecule has 0 bridgehead atoms. The number of rotatable bonds is 13. The molecule has 1 aromatic rings. The summed E-state index contributed by atoms with van der Waals surface area (Å²) in [4.78, 5) is 30.6. The monoisotopic (exact) mass is 526 g/mol. The van der Waals surface area contributed by atoms with Crippen LogP contribution in [0.3, 0.4) is 0 Å². The SMILES string of the molecule is Cc1cc(C)c(S(=O)(=O)NC(CCCCCNC2NCCN2)(NC(=O)C2CCNO2)C(=O)O)c(C)c1. The van der Waals surface area contributed by atoms with Crippen LogP contribution in [0.15, 0.2) is 17.0 Å². The maximum Gasteiger partial charge on any atom is 0.345 e. The van der Waals surface area contributed by atoms with Crippen LogP contribution in [0.4, 0.5) is 0 Å². The average molecular weight is 527 g/mol. The Morgan fingerprint density at radius 2 is 1.75 bits per heavy atom. The highest BCUT2D eigenvalue weighted by Crippen LogP contribution is 2.25. The van der Waals surface area contributed by atoms with Crippen LogP contribution in [0, 0.1) is 20.8 Å². The van der Waals surface area contributed by atoms with Gasteiger partial charge in [-0.3, -0.25) is 25.6 Å². The lowest BCUT2D eigenvalue weighted by atomic mass is 10.0. The van der Waals surface area contributed by atoms with Gasteiger partial charge in [-0.2, -0.15) is 4.72 Å². The Labute approximate surface area is 212 Å². The molecule has 36 heavy (non-hydrogen) atoms. The second-order valence-electron chi connectivity index (χ2n) is 9.43. The molecule has 202 valence electrons. The fraction of sp³-hybridized carbons (Fsp3) is 0.652. The summed E-state index contributed by atoms with van der Waals surface area (Å²) in [6, 6.07) is 3.45. The molecule has 0 radical (unpaired) electrons. The maximum absolute atomic E-state index is 13.5. The molecule has 2 fully saturated rings. The van der Waals surface area contributed by atoms with Gasteiger partial charge in [0.05, 0.1) is 4.90 Å². The Balaban J connectivity index is 1.77. The predicted molar refractivity (Wildman–Crippen MR) is 133 cm³/mol. The summed E-state index contributed by atoms with van der Waals surface area (Å²) in [6.45, 7) is 8.09. The standard InChI is InChI=1S/C23H38N6O6S/c1-15-13-16(2)19(17(3)14-15)36(33,34)29-23(21(31)32,28-20(30)18-7-10-27-35-18)8-5-4-6-9-24-22-25-11-12-26-22/h13-14,18,22,24-27,29H,4-12H2,1-3H3,(H,28,30)(H,31,32). The van der Waals surface area contributed by atoms with E-state index in [0.717, 1.165) is 25.1 Å². The van der Waals surface area contributed by atoms with E-state index in [1.807, 2.05) is 6.92 Å². The number of sulfonamides is 1. The molecule has 0 saturated carbocycles. The lowest BCUT2D eigenvalue weighted by Crippen LogP contribution is -2.66. The number of aryl methyl sites for hydroxylation is 3. The van der Waals surface area contributed by atoms with E-state index in [9.17, 15) is 23.1 Å². The van der Waals surface area contributed by atoms with Gasteiger partial charge in [-0.1, -0.05) is 24.1 Å². The number of nitrogens with one attached hydrogen (secondary N) is 6. The molecule has 0 aromatic heterocycles. The first-order valence-corrected chi connectivity index (χ1v) is 13.8. The quantitative estimate of drug-likeness (QED) is 0.134. The molecule has 2 saturated heterocycles. The smallest absolute Gasteiger partial charge is 0.345 e. The summed E-state index contributed by atoms with van der Waals surface area (Å²) in [5.41, 5.74) is 2.24. The minimum absolute atomic E-state index is 0.00696. The van der Waals surface area contributed by atoms with Crippen LogP contribution in [0.1, 0.15) is 48.8 Å². The van der Waals surface area contributed by atoms with Crippen molar-refractivity contribution in [3.8, 4) is 0 Å². The zero-order valence-electron chi connectivity index (χ0n) is 21.1. The minimum Gasteiger partial charge on any atom is -0.478 e. The fourth-order valence-corrected chi connectivity index (χ4v) is 6.45. The molecule has 2 atom stereocenters. The van der Waals surface area contributed by atoms with Gasteiger partial charge in [0, 0.05) is 19.6 Å². The van der Waals surface area contributed by atoms with Crippen LogP contribution in [-0.4, -0.2) is 69.6 Å². The largest absolute Gasteiger partial charge is 0.478 e. The average Bonchev–Trinajstić information content (AvgIpc) is 3.48. The Morgan fingerprint density at radius 1 is 1.08 bits per heavy atom. The molecule has 2 aliphatic rings. The minimum atomic E-state index is -4.30. The van der Waals surface area contributed by atoms with Crippen molar-refractivity contribution in [3.63, 3.8) is 0 Å². The third-order valence-corrected chi connectivity index (χ3v) is 8.11. The molecule has 3 rings (SSSR count). The lowest BCUT2D eigenvalue weighted by molar-refractivity contribution is -0.151. The third kappa shape index (κ3) is 7.22. The molecule has 1 aromatic carbocycles. The van der Waals surface area contributed by atoms with Crippen molar-refractivity contribution in [2.75, 3.05) is 26.2 Å². The van der Waals surface area contributed by atoms with Gasteiger partial charge in [-0.15, -0.1) is 0 Å². The molecular formula is C23H38N6O6S. The number of carboxylic acid groups (broad SMARTS) is 1. The van der Waals surface area contributed by atoms with E-state index in [-0.39, 0.29) is 17.6 Å². The van der Waals surface area contributed by atoms with Gasteiger partial charge in [-0.05, 0) is 64.1 Å². The number of carboxylic acids is 1. The first kappa shape index (κ1) is 28.4. The van der Waals surface area contributed by atoms with Gasteiger partial charge in [0.1, 0.15) is 6.29 Å². The van der Waals surface area contributed by atoms with Crippen LogP contribution in [0.5, 0.6) is 0 Å². The topological polar surface area (TPSA) is 170 Å². The second-order valence-corrected chi connectivity index (χ2v) is 11.0. The van der Waals surface area contributed by atoms with Gasteiger partial charge in [-0.25, -0.2) is 18.7 Å². The summed E-state index contributed by atoms with van der Waals surface area (Å²) in [7, 11) is -4.30. The number of benzene rings is 1. The van der Waals surface area contributed by atoms with Crippen molar-refractivity contribution in [2.24, 2.45) is 0 Å². The highest BCUT2D eigenvalue weighted by Gasteiger charge is 2.45. The van der Waals surface area contributed by atoms with Crippen molar-refractivity contribution in [3.05, 3.63) is 28.8 Å². The Kier molecular flexibility index (Phi) is 9.80. The highest BCUT2D eigenvalue weighted by atomic mass is 32.2. The van der Waals surface area contributed by atoms with E-state index >= 15 is 0 Å². The second kappa shape index (κ2) is 12.4. The Morgan fingerprint density at radius 3 is 2.33 bits per heavy atom. The van der Waals surface area contributed by atoms with Gasteiger partial charge in [0.2, 0.25) is 15.7 Å². The Hall–Kier alpha value is -2.13. The van der Waals surface area contributed by atoms with E-state index in [1.165, 1.54) is 0 Å².